The van der Waals surface area contributed by atoms with Crippen molar-refractivity contribution < 1.29 is 4.79 Å². The topological polar surface area (TPSA) is 50.2 Å². The Morgan fingerprint density at radius 2 is 2.05 bits per heavy atom. The minimum atomic E-state index is 0.00818. The van der Waals surface area contributed by atoms with Gasteiger partial charge in [0.2, 0.25) is 0 Å². The Kier molecular flexibility index (Phi) is 6.72. The molecule has 0 unspecified atom stereocenters. The van der Waals surface area contributed by atoms with Crippen molar-refractivity contribution in [1.82, 2.24) is 20.0 Å². The van der Waals surface area contributed by atoms with Gasteiger partial charge >= 0.3 is 6.03 Å². The van der Waals surface area contributed by atoms with Crippen LogP contribution in [0.1, 0.15) is 44.1 Å². The Balaban J connectivity index is 2.47. The molecule has 0 aromatic carbocycles. The number of carbonyl (C=O) groups excluding carboxylic acids is 1. The number of rotatable bonds is 7. The van der Waals surface area contributed by atoms with Crippen LogP contribution >= 0.6 is 0 Å². The van der Waals surface area contributed by atoms with Crippen LogP contribution in [0.15, 0.2) is 0 Å². The molecule has 1 aromatic heterocycles. The molecule has 5 heteroatoms. The highest BCUT2D eigenvalue weighted by atomic mass is 16.2. The van der Waals surface area contributed by atoms with Gasteiger partial charge in [-0.25, -0.2) is 4.79 Å². The van der Waals surface area contributed by atoms with Crippen LogP contribution in [-0.2, 0) is 13.0 Å². The van der Waals surface area contributed by atoms with Crippen LogP contribution in [0.2, 0.25) is 0 Å². The van der Waals surface area contributed by atoms with Crippen molar-refractivity contribution in [3.05, 3.63) is 17.0 Å². The number of nitrogens with one attached hydrogen (secondary N) is 1. The maximum Gasteiger partial charge on any atom is 0.317 e. The molecule has 0 bridgehead atoms. The highest BCUT2D eigenvalue weighted by molar-refractivity contribution is 5.73. The smallest absolute Gasteiger partial charge is 0.317 e. The maximum absolute atomic E-state index is 12.0. The van der Waals surface area contributed by atoms with Gasteiger partial charge in [0, 0.05) is 32.4 Å². The predicted molar refractivity (Wildman–Crippen MR) is 86.6 cm³/mol. The van der Waals surface area contributed by atoms with Crippen molar-refractivity contribution >= 4 is 6.03 Å². The fraction of sp³-hybridized carbons (Fsp3) is 0.750. The Bertz CT molecular complexity index is 465. The molecular formula is C16H30N4O. The minimum Gasteiger partial charge on any atom is -0.338 e. The van der Waals surface area contributed by atoms with Crippen LogP contribution in [0.4, 0.5) is 4.79 Å². The van der Waals surface area contributed by atoms with Crippen molar-refractivity contribution in [1.29, 1.82) is 0 Å². The zero-order valence-electron chi connectivity index (χ0n) is 14.4. The number of likely N-dealkylation sites (N-methyl/N-ethyl adjacent to an activating group) is 1. The monoisotopic (exact) mass is 294 g/mol. The molecule has 0 saturated heterocycles. The van der Waals surface area contributed by atoms with Crippen LogP contribution in [-0.4, -0.2) is 40.8 Å². The molecule has 1 heterocycles. The Morgan fingerprint density at radius 3 is 2.57 bits per heavy atom. The van der Waals surface area contributed by atoms with E-state index in [1.165, 1.54) is 11.3 Å². The average molecular weight is 294 g/mol. The van der Waals surface area contributed by atoms with Crippen LogP contribution in [0, 0.1) is 19.8 Å². The minimum absolute atomic E-state index is 0.00818. The van der Waals surface area contributed by atoms with Gasteiger partial charge in [-0.1, -0.05) is 13.8 Å². The summed E-state index contributed by atoms with van der Waals surface area (Å²) in [6.45, 7) is 12.9. The van der Waals surface area contributed by atoms with Crippen LogP contribution in [0.5, 0.6) is 0 Å². The van der Waals surface area contributed by atoms with Crippen LogP contribution in [0.25, 0.3) is 0 Å². The first-order chi connectivity index (χ1) is 9.86. The van der Waals surface area contributed by atoms with Gasteiger partial charge < -0.3 is 10.2 Å². The lowest BCUT2D eigenvalue weighted by Gasteiger charge is -2.18. The zero-order chi connectivity index (χ0) is 16.0. The van der Waals surface area contributed by atoms with E-state index in [0.29, 0.717) is 12.5 Å². The summed E-state index contributed by atoms with van der Waals surface area (Å²) in [5, 5.41) is 7.48. The summed E-state index contributed by atoms with van der Waals surface area (Å²) in [4.78, 5) is 13.7. The first kappa shape index (κ1) is 17.5. The summed E-state index contributed by atoms with van der Waals surface area (Å²) in [6, 6.07) is 0.00818. The zero-order valence-corrected chi connectivity index (χ0v) is 14.4. The normalized spacial score (nSPS) is 11.0. The SMILES string of the molecule is CCn1nc(C)c(CCN(C)C(=O)NCCC(C)C)c1C. The highest BCUT2D eigenvalue weighted by Gasteiger charge is 2.13. The summed E-state index contributed by atoms with van der Waals surface area (Å²) in [5.74, 6) is 0.612. The molecule has 0 fully saturated rings. The quantitative estimate of drug-likeness (QED) is 0.840. The Hall–Kier alpha value is -1.52. The fourth-order valence-corrected chi connectivity index (χ4v) is 2.39. The lowest BCUT2D eigenvalue weighted by atomic mass is 10.1. The molecule has 0 atom stereocenters. The largest absolute Gasteiger partial charge is 0.338 e. The van der Waals surface area contributed by atoms with Crippen molar-refractivity contribution in [2.45, 2.75) is 54.0 Å². The van der Waals surface area contributed by atoms with E-state index in [1.807, 2.05) is 18.7 Å². The average Bonchev–Trinajstić information content (AvgIpc) is 2.70. The molecule has 0 radical (unpaired) electrons. The van der Waals surface area contributed by atoms with Gasteiger partial charge in [-0.3, -0.25) is 4.68 Å². The first-order valence-corrected chi connectivity index (χ1v) is 7.88. The number of aromatic nitrogens is 2. The molecule has 5 nitrogen and oxygen atoms in total. The summed E-state index contributed by atoms with van der Waals surface area (Å²) < 4.78 is 2.02. The van der Waals surface area contributed by atoms with Gasteiger partial charge in [0.1, 0.15) is 0 Å². The van der Waals surface area contributed by atoms with E-state index in [9.17, 15) is 4.79 Å². The van der Waals surface area contributed by atoms with Gasteiger partial charge in [0.25, 0.3) is 0 Å². The van der Waals surface area contributed by atoms with Crippen molar-refractivity contribution in [2.24, 2.45) is 5.92 Å². The number of amides is 2. The molecule has 120 valence electrons. The third-order valence-corrected chi connectivity index (χ3v) is 3.87. The lowest BCUT2D eigenvalue weighted by molar-refractivity contribution is 0.208. The fourth-order valence-electron chi connectivity index (χ4n) is 2.39. The molecule has 0 spiro atoms. The first-order valence-electron chi connectivity index (χ1n) is 7.88. The number of hydrogen-bond donors (Lipinski definition) is 1. The standard InChI is InChI=1S/C16H30N4O/c1-7-20-14(5)15(13(4)18-20)9-11-19(6)16(21)17-10-8-12(2)3/h12H,7-11H2,1-6H3,(H,17,21). The molecule has 0 aliphatic heterocycles. The number of hydrogen-bond acceptors (Lipinski definition) is 2. The van der Waals surface area contributed by atoms with Crippen LogP contribution < -0.4 is 5.32 Å². The summed E-state index contributed by atoms with van der Waals surface area (Å²) in [6.07, 6.45) is 1.87. The molecule has 21 heavy (non-hydrogen) atoms. The highest BCUT2D eigenvalue weighted by Crippen LogP contribution is 2.14. The Morgan fingerprint density at radius 1 is 1.38 bits per heavy atom. The third-order valence-electron chi connectivity index (χ3n) is 3.87. The van der Waals surface area contributed by atoms with E-state index >= 15 is 0 Å². The van der Waals surface area contributed by atoms with E-state index in [1.54, 1.807) is 4.90 Å². The second kappa shape index (κ2) is 8.05. The van der Waals surface area contributed by atoms with E-state index in [0.717, 1.165) is 31.6 Å². The van der Waals surface area contributed by atoms with E-state index < -0.39 is 0 Å². The van der Waals surface area contributed by atoms with Gasteiger partial charge in [-0.2, -0.15) is 5.10 Å². The molecule has 1 rings (SSSR count). The van der Waals surface area contributed by atoms with Crippen molar-refractivity contribution in [2.75, 3.05) is 20.1 Å². The molecule has 1 aromatic rings. The molecular weight excluding hydrogens is 264 g/mol. The summed E-state index contributed by atoms with van der Waals surface area (Å²) in [5.41, 5.74) is 3.55. The van der Waals surface area contributed by atoms with Gasteiger partial charge in [-0.15, -0.1) is 0 Å². The summed E-state index contributed by atoms with van der Waals surface area (Å²) in [7, 11) is 1.85. The molecule has 0 aliphatic carbocycles. The van der Waals surface area contributed by atoms with E-state index in [-0.39, 0.29) is 6.03 Å². The van der Waals surface area contributed by atoms with Crippen molar-refractivity contribution in [3.8, 4) is 0 Å². The number of carbonyl (C=O) groups is 1. The van der Waals surface area contributed by atoms with Gasteiger partial charge in [0.05, 0.1) is 5.69 Å². The maximum atomic E-state index is 12.0. The third kappa shape index (κ3) is 5.06. The van der Waals surface area contributed by atoms with Gasteiger partial charge in [-0.05, 0) is 45.1 Å². The second-order valence-corrected chi connectivity index (χ2v) is 6.05. The Labute approximate surface area is 128 Å². The van der Waals surface area contributed by atoms with E-state index in [2.05, 4.69) is 38.1 Å². The second-order valence-electron chi connectivity index (χ2n) is 6.05. The predicted octanol–water partition coefficient (Wildman–Crippen LogP) is 2.75. The van der Waals surface area contributed by atoms with E-state index in [4.69, 9.17) is 0 Å². The number of nitrogens with zero attached hydrogens (tertiary/aromatic N) is 3. The molecule has 0 saturated carbocycles. The van der Waals surface area contributed by atoms with Crippen LogP contribution in [0.3, 0.4) is 0 Å². The molecule has 1 N–H and O–H groups in total. The van der Waals surface area contributed by atoms with Crippen molar-refractivity contribution in [3.63, 3.8) is 0 Å². The molecule has 2 amide bonds. The summed E-state index contributed by atoms with van der Waals surface area (Å²) >= 11 is 0. The lowest BCUT2D eigenvalue weighted by Crippen LogP contribution is -2.39. The molecule has 0 aliphatic rings. The number of urea groups is 1. The number of aryl methyl sites for hydroxylation is 2. The van der Waals surface area contributed by atoms with Gasteiger partial charge in [0.15, 0.2) is 0 Å².